The molecule has 18 heavy (non-hydrogen) atoms. The Morgan fingerprint density at radius 1 is 1.39 bits per heavy atom. The predicted molar refractivity (Wildman–Crippen MR) is 74.2 cm³/mol. The molecule has 3 nitrogen and oxygen atoms in total. The van der Waals surface area contributed by atoms with Crippen molar-refractivity contribution in [1.82, 2.24) is 5.32 Å². The second-order valence-electron chi connectivity index (χ2n) is 5.18. The Balaban J connectivity index is 2.05. The number of hydrogen-bond acceptors (Lipinski definition) is 3. The number of rotatable bonds is 5. The number of aliphatic carboxylic acids is 1. The molecular weight excluding hydrogens is 246 g/mol. The SMILES string of the molecule is CC(C)c1ccc(SC2(CC(=O)O)CNC2)cc1. The van der Waals surface area contributed by atoms with Crippen LogP contribution in [0.3, 0.4) is 0 Å². The summed E-state index contributed by atoms with van der Waals surface area (Å²) in [6.45, 7) is 5.89. The van der Waals surface area contributed by atoms with Gasteiger partial charge in [-0.05, 0) is 23.6 Å². The molecule has 2 N–H and O–H groups in total. The van der Waals surface area contributed by atoms with E-state index in [2.05, 4.69) is 43.4 Å². The normalized spacial score (nSPS) is 17.5. The number of carbonyl (C=O) groups is 1. The molecule has 1 saturated heterocycles. The van der Waals surface area contributed by atoms with Gasteiger partial charge >= 0.3 is 5.97 Å². The topological polar surface area (TPSA) is 49.3 Å². The van der Waals surface area contributed by atoms with Crippen LogP contribution in [0.2, 0.25) is 0 Å². The van der Waals surface area contributed by atoms with E-state index in [1.54, 1.807) is 11.8 Å². The third kappa shape index (κ3) is 3.06. The van der Waals surface area contributed by atoms with Crippen LogP contribution in [-0.2, 0) is 4.79 Å². The number of carboxylic acids is 1. The molecule has 1 heterocycles. The smallest absolute Gasteiger partial charge is 0.304 e. The van der Waals surface area contributed by atoms with E-state index in [0.717, 1.165) is 18.0 Å². The van der Waals surface area contributed by atoms with Crippen LogP contribution in [-0.4, -0.2) is 28.9 Å². The lowest BCUT2D eigenvalue weighted by molar-refractivity contribution is -0.138. The average Bonchev–Trinajstić information content (AvgIpc) is 2.26. The van der Waals surface area contributed by atoms with Crippen molar-refractivity contribution >= 4 is 17.7 Å². The van der Waals surface area contributed by atoms with E-state index in [1.807, 2.05) is 0 Å². The summed E-state index contributed by atoms with van der Waals surface area (Å²) in [4.78, 5) is 12.1. The Hall–Kier alpha value is -1.00. The van der Waals surface area contributed by atoms with Gasteiger partial charge in [0.05, 0.1) is 11.2 Å². The molecule has 1 fully saturated rings. The van der Waals surface area contributed by atoms with Gasteiger partial charge in [-0.15, -0.1) is 11.8 Å². The molecule has 2 rings (SSSR count). The Morgan fingerprint density at radius 3 is 2.39 bits per heavy atom. The fourth-order valence-electron chi connectivity index (χ4n) is 2.08. The average molecular weight is 265 g/mol. The fraction of sp³-hybridized carbons (Fsp3) is 0.500. The molecule has 4 heteroatoms. The number of benzene rings is 1. The molecule has 1 aromatic rings. The van der Waals surface area contributed by atoms with Crippen LogP contribution in [0.25, 0.3) is 0 Å². The monoisotopic (exact) mass is 265 g/mol. The first-order valence-electron chi connectivity index (χ1n) is 6.22. The van der Waals surface area contributed by atoms with E-state index in [4.69, 9.17) is 5.11 Å². The van der Waals surface area contributed by atoms with Gasteiger partial charge in [-0.3, -0.25) is 4.79 Å². The van der Waals surface area contributed by atoms with Crippen molar-refractivity contribution in [2.24, 2.45) is 0 Å². The van der Waals surface area contributed by atoms with Crippen LogP contribution in [0.5, 0.6) is 0 Å². The second-order valence-corrected chi connectivity index (χ2v) is 6.72. The highest BCUT2D eigenvalue weighted by atomic mass is 32.2. The van der Waals surface area contributed by atoms with Gasteiger partial charge in [-0.1, -0.05) is 26.0 Å². The van der Waals surface area contributed by atoms with E-state index < -0.39 is 5.97 Å². The molecule has 0 aromatic heterocycles. The number of nitrogens with one attached hydrogen (secondary N) is 1. The maximum Gasteiger partial charge on any atom is 0.304 e. The van der Waals surface area contributed by atoms with E-state index in [0.29, 0.717) is 5.92 Å². The largest absolute Gasteiger partial charge is 0.481 e. The van der Waals surface area contributed by atoms with Crippen LogP contribution in [0.15, 0.2) is 29.2 Å². The lowest BCUT2D eigenvalue weighted by Gasteiger charge is -2.40. The third-order valence-corrected chi connectivity index (χ3v) is 4.62. The zero-order valence-corrected chi connectivity index (χ0v) is 11.6. The van der Waals surface area contributed by atoms with Crippen LogP contribution < -0.4 is 5.32 Å². The zero-order chi connectivity index (χ0) is 13.2. The molecule has 0 bridgehead atoms. The van der Waals surface area contributed by atoms with Gasteiger partial charge in [0.25, 0.3) is 0 Å². The summed E-state index contributed by atoms with van der Waals surface area (Å²) in [5.74, 6) is -0.190. The van der Waals surface area contributed by atoms with Gasteiger partial charge in [0.1, 0.15) is 0 Å². The van der Waals surface area contributed by atoms with Crippen molar-refractivity contribution in [1.29, 1.82) is 0 Å². The highest BCUT2D eigenvalue weighted by Crippen LogP contribution is 2.39. The quantitative estimate of drug-likeness (QED) is 0.859. The Kier molecular flexibility index (Phi) is 3.97. The highest BCUT2D eigenvalue weighted by Gasteiger charge is 2.40. The minimum absolute atomic E-state index is 0.162. The molecule has 0 atom stereocenters. The lowest BCUT2D eigenvalue weighted by atomic mass is 9.98. The summed E-state index contributed by atoms with van der Waals surface area (Å²) < 4.78 is -0.162. The summed E-state index contributed by atoms with van der Waals surface area (Å²) in [6, 6.07) is 8.46. The van der Waals surface area contributed by atoms with Crippen LogP contribution in [0.1, 0.15) is 31.7 Å². The van der Waals surface area contributed by atoms with Gasteiger partial charge in [-0.2, -0.15) is 0 Å². The zero-order valence-electron chi connectivity index (χ0n) is 10.8. The lowest BCUT2D eigenvalue weighted by Crippen LogP contribution is -2.57. The summed E-state index contributed by atoms with van der Waals surface area (Å²) in [5, 5.41) is 12.1. The molecule has 0 spiro atoms. The van der Waals surface area contributed by atoms with Crippen molar-refractivity contribution in [3.63, 3.8) is 0 Å². The maximum atomic E-state index is 10.9. The molecule has 98 valence electrons. The fourth-order valence-corrected chi connectivity index (χ4v) is 3.40. The van der Waals surface area contributed by atoms with Gasteiger partial charge in [-0.25, -0.2) is 0 Å². The molecule has 0 unspecified atom stereocenters. The van der Waals surface area contributed by atoms with Crippen molar-refractivity contribution in [2.75, 3.05) is 13.1 Å². The minimum Gasteiger partial charge on any atom is -0.481 e. The van der Waals surface area contributed by atoms with Crippen LogP contribution in [0.4, 0.5) is 0 Å². The van der Waals surface area contributed by atoms with Gasteiger partial charge < -0.3 is 10.4 Å². The van der Waals surface area contributed by atoms with Crippen molar-refractivity contribution in [2.45, 2.75) is 35.8 Å². The number of hydrogen-bond donors (Lipinski definition) is 2. The molecule has 1 aliphatic heterocycles. The number of carboxylic acid groups (broad SMARTS) is 1. The first kappa shape index (κ1) is 13.4. The highest BCUT2D eigenvalue weighted by molar-refractivity contribution is 8.00. The predicted octanol–water partition coefficient (Wildman–Crippen LogP) is 2.72. The molecule has 1 aromatic carbocycles. The first-order valence-corrected chi connectivity index (χ1v) is 7.04. The maximum absolute atomic E-state index is 10.9. The first-order chi connectivity index (χ1) is 8.51. The molecule has 0 aliphatic carbocycles. The van der Waals surface area contributed by atoms with Crippen molar-refractivity contribution < 1.29 is 9.90 Å². The summed E-state index contributed by atoms with van der Waals surface area (Å²) in [6.07, 6.45) is 0.219. The van der Waals surface area contributed by atoms with Crippen LogP contribution in [0, 0.1) is 0 Å². The standard InChI is InChI=1S/C14H19NO2S/c1-10(2)11-3-5-12(6-4-11)18-14(7-13(16)17)8-15-9-14/h3-6,10,15H,7-9H2,1-2H3,(H,16,17). The summed E-state index contributed by atoms with van der Waals surface area (Å²) >= 11 is 1.68. The van der Waals surface area contributed by atoms with E-state index in [1.165, 1.54) is 5.56 Å². The van der Waals surface area contributed by atoms with E-state index in [9.17, 15) is 4.79 Å². The van der Waals surface area contributed by atoms with Crippen molar-refractivity contribution in [3.8, 4) is 0 Å². The van der Waals surface area contributed by atoms with Gasteiger partial charge in [0.15, 0.2) is 0 Å². The van der Waals surface area contributed by atoms with E-state index >= 15 is 0 Å². The van der Waals surface area contributed by atoms with Gasteiger partial charge in [0.2, 0.25) is 0 Å². The van der Waals surface area contributed by atoms with Gasteiger partial charge in [0, 0.05) is 18.0 Å². The molecular formula is C14H19NO2S. The third-order valence-electron chi connectivity index (χ3n) is 3.25. The summed E-state index contributed by atoms with van der Waals surface area (Å²) in [5.41, 5.74) is 1.32. The second kappa shape index (κ2) is 5.33. The molecule has 0 radical (unpaired) electrons. The van der Waals surface area contributed by atoms with E-state index in [-0.39, 0.29) is 11.2 Å². The van der Waals surface area contributed by atoms with Crippen LogP contribution >= 0.6 is 11.8 Å². The Bertz CT molecular complexity index is 424. The Labute approximate surface area is 112 Å². The summed E-state index contributed by atoms with van der Waals surface area (Å²) in [7, 11) is 0. The Morgan fingerprint density at radius 2 is 2.00 bits per heavy atom. The molecule has 1 aliphatic rings. The molecule has 0 saturated carbocycles. The van der Waals surface area contributed by atoms with Crippen molar-refractivity contribution in [3.05, 3.63) is 29.8 Å². The minimum atomic E-state index is -0.720. The number of thioether (sulfide) groups is 1. The molecule has 0 amide bonds.